The number of piperidine rings is 1. The largest absolute Gasteiger partial charge is 0.377 e. The van der Waals surface area contributed by atoms with Gasteiger partial charge in [0.15, 0.2) is 0 Å². The van der Waals surface area contributed by atoms with Gasteiger partial charge >= 0.3 is 0 Å². The van der Waals surface area contributed by atoms with Crippen LogP contribution < -0.4 is 0 Å². The SMILES string of the molecule is CCCOC1CCCN(Cc2nc(CC)[nH]c2C)C1. The molecule has 1 unspecified atom stereocenters. The molecule has 1 aliphatic heterocycles. The van der Waals surface area contributed by atoms with E-state index in [4.69, 9.17) is 4.74 Å². The lowest BCUT2D eigenvalue weighted by molar-refractivity contribution is -0.00255. The smallest absolute Gasteiger partial charge is 0.106 e. The first-order valence-electron chi connectivity index (χ1n) is 7.61. The summed E-state index contributed by atoms with van der Waals surface area (Å²) in [6.07, 6.45) is 4.94. The number of nitrogens with one attached hydrogen (secondary N) is 1. The number of H-pyrrole nitrogens is 1. The van der Waals surface area contributed by atoms with Gasteiger partial charge in [-0.3, -0.25) is 4.90 Å². The number of aromatic nitrogens is 2. The lowest BCUT2D eigenvalue weighted by Gasteiger charge is -2.32. The van der Waals surface area contributed by atoms with Gasteiger partial charge in [0.25, 0.3) is 0 Å². The van der Waals surface area contributed by atoms with E-state index in [1.54, 1.807) is 0 Å². The summed E-state index contributed by atoms with van der Waals surface area (Å²) in [5, 5.41) is 0. The Labute approximate surface area is 116 Å². The first kappa shape index (κ1) is 14.5. The van der Waals surface area contributed by atoms with Gasteiger partial charge < -0.3 is 9.72 Å². The van der Waals surface area contributed by atoms with E-state index < -0.39 is 0 Å². The van der Waals surface area contributed by atoms with Crippen LogP contribution in [0.25, 0.3) is 0 Å². The summed E-state index contributed by atoms with van der Waals surface area (Å²) in [5.74, 6) is 1.10. The van der Waals surface area contributed by atoms with Crippen LogP contribution in [-0.4, -0.2) is 40.7 Å². The fourth-order valence-electron chi connectivity index (χ4n) is 2.67. The maximum Gasteiger partial charge on any atom is 0.106 e. The molecule has 4 nitrogen and oxygen atoms in total. The zero-order chi connectivity index (χ0) is 13.7. The Hall–Kier alpha value is -0.870. The highest BCUT2D eigenvalue weighted by atomic mass is 16.5. The average Bonchev–Trinajstić information content (AvgIpc) is 2.77. The van der Waals surface area contributed by atoms with Gasteiger partial charge in [-0.2, -0.15) is 0 Å². The quantitative estimate of drug-likeness (QED) is 0.859. The summed E-state index contributed by atoms with van der Waals surface area (Å²) < 4.78 is 5.89. The standard InChI is InChI=1S/C15H27N3O/c1-4-9-19-13-7-6-8-18(10-13)11-14-12(3)16-15(5-2)17-14/h13H,4-11H2,1-3H3,(H,16,17). The molecule has 1 aromatic rings. The fourth-order valence-corrected chi connectivity index (χ4v) is 2.67. The van der Waals surface area contributed by atoms with Crippen molar-refractivity contribution in [3.63, 3.8) is 0 Å². The minimum atomic E-state index is 0.415. The van der Waals surface area contributed by atoms with Gasteiger partial charge in [0.1, 0.15) is 5.82 Å². The second-order valence-corrected chi connectivity index (χ2v) is 5.48. The first-order chi connectivity index (χ1) is 9.22. The molecule has 2 rings (SSSR count). The number of aryl methyl sites for hydroxylation is 2. The third-order valence-corrected chi connectivity index (χ3v) is 3.76. The van der Waals surface area contributed by atoms with Gasteiger partial charge in [-0.05, 0) is 32.7 Å². The van der Waals surface area contributed by atoms with Crippen molar-refractivity contribution in [1.29, 1.82) is 0 Å². The fraction of sp³-hybridized carbons (Fsp3) is 0.800. The molecule has 2 heterocycles. The van der Waals surface area contributed by atoms with E-state index in [-0.39, 0.29) is 0 Å². The van der Waals surface area contributed by atoms with E-state index in [1.165, 1.54) is 30.8 Å². The van der Waals surface area contributed by atoms with Crippen LogP contribution in [0.1, 0.15) is 50.3 Å². The zero-order valence-corrected chi connectivity index (χ0v) is 12.5. The van der Waals surface area contributed by atoms with Crippen molar-refractivity contribution in [2.45, 2.75) is 59.1 Å². The van der Waals surface area contributed by atoms with E-state index >= 15 is 0 Å². The maximum atomic E-state index is 5.89. The molecule has 108 valence electrons. The van der Waals surface area contributed by atoms with E-state index in [2.05, 4.69) is 35.6 Å². The molecule has 1 saturated heterocycles. The van der Waals surface area contributed by atoms with Crippen molar-refractivity contribution in [1.82, 2.24) is 14.9 Å². The highest BCUT2D eigenvalue weighted by Gasteiger charge is 2.21. The second kappa shape index (κ2) is 7.06. The maximum absolute atomic E-state index is 5.89. The predicted octanol–water partition coefficient (Wildman–Crippen LogP) is 2.67. The number of rotatable bonds is 6. The Morgan fingerprint density at radius 3 is 2.95 bits per heavy atom. The molecule has 0 aliphatic carbocycles. The predicted molar refractivity (Wildman–Crippen MR) is 77.2 cm³/mol. The van der Waals surface area contributed by atoms with E-state index in [0.29, 0.717) is 6.10 Å². The van der Waals surface area contributed by atoms with Crippen LogP contribution in [0.15, 0.2) is 0 Å². The van der Waals surface area contributed by atoms with Crippen LogP contribution in [0.2, 0.25) is 0 Å². The van der Waals surface area contributed by atoms with Crippen molar-refractivity contribution in [3.8, 4) is 0 Å². The first-order valence-corrected chi connectivity index (χ1v) is 7.61. The normalized spacial score (nSPS) is 20.9. The van der Waals surface area contributed by atoms with Gasteiger partial charge in [0.05, 0.1) is 11.8 Å². The molecule has 1 N–H and O–H groups in total. The Bertz CT molecular complexity index is 389. The Kier molecular flexibility index (Phi) is 5.40. The zero-order valence-electron chi connectivity index (χ0n) is 12.5. The molecule has 0 radical (unpaired) electrons. The van der Waals surface area contributed by atoms with Gasteiger partial charge in [-0.25, -0.2) is 4.98 Å². The van der Waals surface area contributed by atoms with Gasteiger partial charge in [0, 0.05) is 31.8 Å². The van der Waals surface area contributed by atoms with E-state index in [1.807, 2.05) is 0 Å². The van der Waals surface area contributed by atoms with Gasteiger partial charge in [0.2, 0.25) is 0 Å². The lowest BCUT2D eigenvalue weighted by Crippen LogP contribution is -2.39. The summed E-state index contributed by atoms with van der Waals surface area (Å²) in [6.45, 7) is 10.5. The number of nitrogens with zero attached hydrogens (tertiary/aromatic N) is 2. The van der Waals surface area contributed by atoms with Crippen molar-refractivity contribution >= 4 is 0 Å². The van der Waals surface area contributed by atoms with Crippen molar-refractivity contribution in [3.05, 3.63) is 17.2 Å². The molecular formula is C15H27N3O. The molecule has 1 aliphatic rings. The third kappa shape index (κ3) is 4.05. The number of aromatic amines is 1. The number of imidazole rings is 1. The van der Waals surface area contributed by atoms with Crippen molar-refractivity contribution in [2.24, 2.45) is 0 Å². The monoisotopic (exact) mass is 265 g/mol. The molecule has 0 aromatic carbocycles. The van der Waals surface area contributed by atoms with Crippen LogP contribution in [0, 0.1) is 6.92 Å². The number of hydrogen-bond acceptors (Lipinski definition) is 3. The van der Waals surface area contributed by atoms with Crippen molar-refractivity contribution < 1.29 is 4.74 Å². The molecule has 0 bridgehead atoms. The van der Waals surface area contributed by atoms with Crippen LogP contribution >= 0.6 is 0 Å². The van der Waals surface area contributed by atoms with Gasteiger partial charge in [-0.1, -0.05) is 13.8 Å². The highest BCUT2D eigenvalue weighted by molar-refractivity contribution is 5.13. The molecule has 1 aromatic heterocycles. The summed E-state index contributed by atoms with van der Waals surface area (Å²) in [5.41, 5.74) is 2.42. The summed E-state index contributed by atoms with van der Waals surface area (Å²) in [4.78, 5) is 10.5. The molecule has 19 heavy (non-hydrogen) atoms. The summed E-state index contributed by atoms with van der Waals surface area (Å²) >= 11 is 0. The van der Waals surface area contributed by atoms with Crippen LogP contribution in [0.4, 0.5) is 0 Å². The number of ether oxygens (including phenoxy) is 1. The Morgan fingerprint density at radius 1 is 1.42 bits per heavy atom. The lowest BCUT2D eigenvalue weighted by atomic mass is 10.1. The Balaban J connectivity index is 1.89. The third-order valence-electron chi connectivity index (χ3n) is 3.76. The summed E-state index contributed by atoms with van der Waals surface area (Å²) in [7, 11) is 0. The van der Waals surface area contributed by atoms with Crippen LogP contribution in [-0.2, 0) is 17.7 Å². The number of hydrogen-bond donors (Lipinski definition) is 1. The number of likely N-dealkylation sites (tertiary alicyclic amines) is 1. The molecular weight excluding hydrogens is 238 g/mol. The Morgan fingerprint density at radius 2 is 2.26 bits per heavy atom. The molecule has 1 fully saturated rings. The highest BCUT2D eigenvalue weighted by Crippen LogP contribution is 2.17. The second-order valence-electron chi connectivity index (χ2n) is 5.48. The average molecular weight is 265 g/mol. The minimum Gasteiger partial charge on any atom is -0.377 e. The van der Waals surface area contributed by atoms with Crippen LogP contribution in [0.5, 0.6) is 0 Å². The van der Waals surface area contributed by atoms with Crippen molar-refractivity contribution in [2.75, 3.05) is 19.7 Å². The topological polar surface area (TPSA) is 41.1 Å². The van der Waals surface area contributed by atoms with E-state index in [0.717, 1.165) is 38.4 Å². The van der Waals surface area contributed by atoms with E-state index in [9.17, 15) is 0 Å². The minimum absolute atomic E-state index is 0.415. The molecule has 4 heteroatoms. The molecule has 0 spiro atoms. The molecule has 0 amide bonds. The molecule has 0 saturated carbocycles. The van der Waals surface area contributed by atoms with Crippen LogP contribution in [0.3, 0.4) is 0 Å². The molecule has 1 atom stereocenters. The van der Waals surface area contributed by atoms with Gasteiger partial charge in [-0.15, -0.1) is 0 Å². The summed E-state index contributed by atoms with van der Waals surface area (Å²) in [6, 6.07) is 0.